The molecule has 82 valence electrons. The minimum Gasteiger partial charge on any atom is -0.397 e. The number of rotatable bonds is 2. The van der Waals surface area contributed by atoms with Crippen LogP contribution in [0.1, 0.15) is 17.3 Å². The fourth-order valence-electron chi connectivity index (χ4n) is 1.54. The second kappa shape index (κ2) is 3.98. The molecule has 0 amide bonds. The van der Waals surface area contributed by atoms with Gasteiger partial charge in [-0.2, -0.15) is 11.3 Å². The number of ketones is 1. The van der Waals surface area contributed by atoms with Gasteiger partial charge in [0, 0.05) is 16.5 Å². The number of nitrogen functional groups attached to an aromatic ring is 2. The Kier molecular flexibility index (Phi) is 2.66. The van der Waals surface area contributed by atoms with Crippen molar-refractivity contribution in [2.45, 2.75) is 6.92 Å². The van der Waals surface area contributed by atoms with Crippen molar-refractivity contribution >= 4 is 28.5 Å². The smallest absolute Gasteiger partial charge is 0.161 e. The molecule has 2 rings (SSSR count). The number of benzene rings is 1. The van der Waals surface area contributed by atoms with Gasteiger partial charge < -0.3 is 11.5 Å². The molecule has 0 unspecified atom stereocenters. The van der Waals surface area contributed by atoms with Gasteiger partial charge in [0.25, 0.3) is 0 Å². The SMILES string of the molecule is CC(=O)c1cscc1-c1ccc(N)c(N)c1. The molecular weight excluding hydrogens is 220 g/mol. The second-order valence-corrected chi connectivity index (χ2v) is 4.34. The molecule has 0 aliphatic rings. The molecule has 0 atom stereocenters. The highest BCUT2D eigenvalue weighted by atomic mass is 32.1. The molecule has 0 spiro atoms. The van der Waals surface area contributed by atoms with Crippen LogP contribution in [-0.2, 0) is 0 Å². The van der Waals surface area contributed by atoms with Crippen LogP contribution in [0.5, 0.6) is 0 Å². The van der Waals surface area contributed by atoms with Gasteiger partial charge in [-0.1, -0.05) is 6.07 Å². The van der Waals surface area contributed by atoms with Crippen LogP contribution in [0.2, 0.25) is 0 Å². The van der Waals surface area contributed by atoms with Crippen molar-refractivity contribution in [3.63, 3.8) is 0 Å². The van der Waals surface area contributed by atoms with E-state index in [-0.39, 0.29) is 5.78 Å². The summed E-state index contributed by atoms with van der Waals surface area (Å²) < 4.78 is 0. The van der Waals surface area contributed by atoms with Crippen molar-refractivity contribution < 1.29 is 4.79 Å². The molecule has 4 heteroatoms. The number of Topliss-reactive ketones (excluding diaryl/α,β-unsaturated/α-hetero) is 1. The topological polar surface area (TPSA) is 69.1 Å². The van der Waals surface area contributed by atoms with Crippen LogP contribution in [0.25, 0.3) is 11.1 Å². The molecule has 16 heavy (non-hydrogen) atoms. The summed E-state index contributed by atoms with van der Waals surface area (Å²) in [5, 5.41) is 3.80. The van der Waals surface area contributed by atoms with Crippen LogP contribution in [0, 0.1) is 0 Å². The Bertz CT molecular complexity index is 546. The Morgan fingerprint density at radius 1 is 1.19 bits per heavy atom. The van der Waals surface area contributed by atoms with Crippen LogP contribution in [0.15, 0.2) is 29.0 Å². The van der Waals surface area contributed by atoms with Crippen molar-refractivity contribution in [3.05, 3.63) is 34.5 Å². The van der Waals surface area contributed by atoms with Crippen LogP contribution in [0.3, 0.4) is 0 Å². The summed E-state index contributed by atoms with van der Waals surface area (Å²) in [7, 11) is 0. The number of hydrogen-bond donors (Lipinski definition) is 2. The Hall–Kier alpha value is -1.81. The third kappa shape index (κ3) is 1.79. The summed E-state index contributed by atoms with van der Waals surface area (Å²) >= 11 is 1.51. The Labute approximate surface area is 97.7 Å². The van der Waals surface area contributed by atoms with Crippen molar-refractivity contribution in [2.75, 3.05) is 11.5 Å². The number of carbonyl (C=O) groups excluding carboxylic acids is 1. The van der Waals surface area contributed by atoms with Gasteiger partial charge in [-0.05, 0) is 30.0 Å². The maximum absolute atomic E-state index is 11.4. The van der Waals surface area contributed by atoms with Crippen molar-refractivity contribution in [1.82, 2.24) is 0 Å². The molecular formula is C12H12N2OS. The lowest BCUT2D eigenvalue weighted by molar-refractivity contribution is 0.101. The minimum atomic E-state index is 0.0617. The predicted octanol–water partition coefficient (Wildman–Crippen LogP) is 2.78. The summed E-state index contributed by atoms with van der Waals surface area (Å²) in [5.41, 5.74) is 15.1. The second-order valence-electron chi connectivity index (χ2n) is 3.60. The quantitative estimate of drug-likeness (QED) is 0.618. The van der Waals surface area contributed by atoms with E-state index in [9.17, 15) is 4.79 Å². The summed E-state index contributed by atoms with van der Waals surface area (Å²) in [5.74, 6) is 0.0617. The molecule has 0 bridgehead atoms. The zero-order chi connectivity index (χ0) is 11.7. The molecule has 0 saturated heterocycles. The maximum Gasteiger partial charge on any atom is 0.161 e. The summed E-state index contributed by atoms with van der Waals surface area (Å²) in [6, 6.07) is 5.43. The average molecular weight is 232 g/mol. The zero-order valence-corrected chi connectivity index (χ0v) is 9.67. The highest BCUT2D eigenvalue weighted by Crippen LogP contribution is 2.30. The van der Waals surface area contributed by atoms with E-state index >= 15 is 0 Å². The lowest BCUT2D eigenvalue weighted by atomic mass is 10.0. The van der Waals surface area contributed by atoms with E-state index in [1.807, 2.05) is 16.8 Å². The Morgan fingerprint density at radius 3 is 2.56 bits per heavy atom. The van der Waals surface area contributed by atoms with Gasteiger partial charge in [0.05, 0.1) is 11.4 Å². The Morgan fingerprint density at radius 2 is 1.94 bits per heavy atom. The number of hydrogen-bond acceptors (Lipinski definition) is 4. The predicted molar refractivity (Wildman–Crippen MR) is 68.6 cm³/mol. The van der Waals surface area contributed by atoms with Gasteiger partial charge in [-0.15, -0.1) is 0 Å². The lowest BCUT2D eigenvalue weighted by Crippen LogP contribution is -1.96. The monoisotopic (exact) mass is 232 g/mol. The van der Waals surface area contributed by atoms with Gasteiger partial charge in [-0.3, -0.25) is 4.79 Å². The number of carbonyl (C=O) groups is 1. The summed E-state index contributed by atoms with van der Waals surface area (Å²) in [6.07, 6.45) is 0. The first kappa shape index (κ1) is 10.7. The van der Waals surface area contributed by atoms with Crippen molar-refractivity contribution in [3.8, 4) is 11.1 Å². The van der Waals surface area contributed by atoms with E-state index in [4.69, 9.17) is 11.5 Å². The molecule has 1 aromatic carbocycles. The van der Waals surface area contributed by atoms with Crippen molar-refractivity contribution in [2.24, 2.45) is 0 Å². The summed E-state index contributed by atoms with van der Waals surface area (Å²) in [4.78, 5) is 11.4. The standard InChI is InChI=1S/C12H12N2OS/c1-7(15)9-5-16-6-10(9)8-2-3-11(13)12(14)4-8/h2-6H,13-14H2,1H3. The fraction of sp³-hybridized carbons (Fsp3) is 0.0833. The lowest BCUT2D eigenvalue weighted by Gasteiger charge is -2.05. The molecule has 0 saturated carbocycles. The van der Waals surface area contributed by atoms with Crippen LogP contribution >= 0.6 is 11.3 Å². The first-order valence-electron chi connectivity index (χ1n) is 4.82. The zero-order valence-electron chi connectivity index (χ0n) is 8.86. The minimum absolute atomic E-state index is 0.0617. The van der Waals surface area contributed by atoms with E-state index in [1.165, 1.54) is 11.3 Å². The molecule has 0 radical (unpaired) electrons. The number of nitrogens with two attached hydrogens (primary N) is 2. The van der Waals surface area contributed by atoms with E-state index in [2.05, 4.69) is 0 Å². The van der Waals surface area contributed by atoms with E-state index in [0.29, 0.717) is 11.4 Å². The fourth-order valence-corrected chi connectivity index (χ4v) is 2.43. The van der Waals surface area contributed by atoms with Crippen LogP contribution in [0.4, 0.5) is 11.4 Å². The summed E-state index contributed by atoms with van der Waals surface area (Å²) in [6.45, 7) is 1.56. The molecule has 1 aromatic heterocycles. The molecule has 0 aliphatic heterocycles. The highest BCUT2D eigenvalue weighted by Gasteiger charge is 2.10. The van der Waals surface area contributed by atoms with Gasteiger partial charge in [0.15, 0.2) is 5.78 Å². The normalized spacial score (nSPS) is 10.3. The van der Waals surface area contributed by atoms with E-state index in [1.54, 1.807) is 19.1 Å². The first-order chi connectivity index (χ1) is 7.59. The van der Waals surface area contributed by atoms with Gasteiger partial charge >= 0.3 is 0 Å². The third-order valence-corrected chi connectivity index (χ3v) is 3.18. The third-order valence-electron chi connectivity index (χ3n) is 2.44. The maximum atomic E-state index is 11.4. The number of anilines is 2. The average Bonchev–Trinajstić information content (AvgIpc) is 2.71. The van der Waals surface area contributed by atoms with Crippen LogP contribution in [-0.4, -0.2) is 5.78 Å². The largest absolute Gasteiger partial charge is 0.397 e. The molecule has 2 aromatic rings. The molecule has 1 heterocycles. The first-order valence-corrected chi connectivity index (χ1v) is 5.76. The highest BCUT2D eigenvalue weighted by molar-refractivity contribution is 7.08. The van der Waals surface area contributed by atoms with Gasteiger partial charge in [0.2, 0.25) is 0 Å². The number of thiophene rings is 1. The van der Waals surface area contributed by atoms with Gasteiger partial charge in [0.1, 0.15) is 0 Å². The van der Waals surface area contributed by atoms with E-state index in [0.717, 1.165) is 16.7 Å². The Balaban J connectivity index is 2.54. The van der Waals surface area contributed by atoms with E-state index < -0.39 is 0 Å². The molecule has 3 nitrogen and oxygen atoms in total. The molecule has 0 fully saturated rings. The molecule has 4 N–H and O–H groups in total. The van der Waals surface area contributed by atoms with Gasteiger partial charge in [-0.25, -0.2) is 0 Å². The van der Waals surface area contributed by atoms with Crippen molar-refractivity contribution in [1.29, 1.82) is 0 Å². The molecule has 0 aliphatic carbocycles. The van der Waals surface area contributed by atoms with Crippen LogP contribution < -0.4 is 11.5 Å².